The van der Waals surface area contributed by atoms with Gasteiger partial charge < -0.3 is 20.3 Å². The molecule has 5 nitrogen and oxygen atoms in total. The van der Waals surface area contributed by atoms with Crippen molar-refractivity contribution < 1.29 is 18.3 Å². The number of piperazine rings is 1. The highest BCUT2D eigenvalue weighted by molar-refractivity contribution is 5.89. The smallest absolute Gasteiger partial charge is 0.321 e. The number of nitrogens with zero attached hydrogens (tertiary/aromatic N) is 1. The average Bonchev–Trinajstić information content (AvgIpc) is 2.77. The van der Waals surface area contributed by atoms with E-state index in [9.17, 15) is 13.6 Å². The van der Waals surface area contributed by atoms with Crippen LogP contribution < -0.4 is 15.4 Å². The number of carbonyl (C=O) groups excluding carboxylic acids is 1. The topological polar surface area (TPSA) is 53.6 Å². The van der Waals surface area contributed by atoms with E-state index in [1.807, 2.05) is 29.2 Å². The van der Waals surface area contributed by atoms with Crippen molar-refractivity contribution in [3.8, 4) is 5.75 Å². The van der Waals surface area contributed by atoms with Crippen LogP contribution in [0.3, 0.4) is 0 Å². The van der Waals surface area contributed by atoms with Crippen LogP contribution in [-0.4, -0.2) is 43.7 Å². The number of carbonyl (C=O) groups is 1. The molecular weight excluding hydrogens is 424 g/mol. The van der Waals surface area contributed by atoms with Gasteiger partial charge >= 0.3 is 6.03 Å². The van der Waals surface area contributed by atoms with Crippen molar-refractivity contribution >= 4 is 24.1 Å². The predicted octanol–water partition coefficient (Wildman–Crippen LogP) is 5.01. The Hall–Kier alpha value is -2.38. The number of anilines is 1. The van der Waals surface area contributed by atoms with Crippen LogP contribution in [0.1, 0.15) is 31.2 Å². The van der Waals surface area contributed by atoms with Gasteiger partial charge in [-0.1, -0.05) is 31.0 Å². The lowest BCUT2D eigenvalue weighted by Crippen LogP contribution is -2.48. The monoisotopic (exact) mass is 453 g/mol. The molecule has 0 saturated carbocycles. The number of ether oxygens (including phenoxy) is 1. The highest BCUT2D eigenvalue weighted by Crippen LogP contribution is 2.19. The molecule has 1 saturated heterocycles. The second-order valence-corrected chi connectivity index (χ2v) is 7.43. The molecule has 2 aromatic rings. The zero-order valence-corrected chi connectivity index (χ0v) is 18.4. The summed E-state index contributed by atoms with van der Waals surface area (Å²) < 4.78 is 31.9. The molecular formula is C23H30ClF2N3O2. The zero-order valence-electron chi connectivity index (χ0n) is 17.5. The molecule has 1 aliphatic rings. The second kappa shape index (κ2) is 13.1. The summed E-state index contributed by atoms with van der Waals surface area (Å²) in [6.45, 7) is 3.50. The van der Waals surface area contributed by atoms with E-state index < -0.39 is 11.6 Å². The average molecular weight is 454 g/mol. The summed E-state index contributed by atoms with van der Waals surface area (Å²) >= 11 is 0. The number of nitrogens with one attached hydrogen (secondary N) is 2. The first-order valence-corrected chi connectivity index (χ1v) is 10.6. The minimum Gasteiger partial charge on any atom is -0.490 e. The molecule has 2 N–H and O–H groups in total. The van der Waals surface area contributed by atoms with Crippen LogP contribution in [0.4, 0.5) is 19.3 Å². The van der Waals surface area contributed by atoms with Crippen molar-refractivity contribution in [1.82, 2.24) is 10.2 Å². The molecule has 0 aromatic heterocycles. The van der Waals surface area contributed by atoms with Crippen LogP contribution in [0.5, 0.6) is 5.75 Å². The van der Waals surface area contributed by atoms with Crippen LogP contribution in [0, 0.1) is 11.6 Å². The SMILES string of the molecule is Cl.O=C(Nc1ccc(CCCCCCOc2cccc(F)c2F)cc1)N1CCNCC1. The van der Waals surface area contributed by atoms with Gasteiger partial charge in [0.25, 0.3) is 0 Å². The molecule has 170 valence electrons. The van der Waals surface area contributed by atoms with Gasteiger partial charge in [0, 0.05) is 31.9 Å². The van der Waals surface area contributed by atoms with Gasteiger partial charge in [-0.3, -0.25) is 0 Å². The van der Waals surface area contributed by atoms with E-state index in [4.69, 9.17) is 4.74 Å². The van der Waals surface area contributed by atoms with E-state index in [2.05, 4.69) is 10.6 Å². The molecule has 2 aromatic carbocycles. The summed E-state index contributed by atoms with van der Waals surface area (Å²) in [6, 6.07) is 11.9. The lowest BCUT2D eigenvalue weighted by molar-refractivity contribution is 0.204. The highest BCUT2D eigenvalue weighted by atomic mass is 35.5. The number of unbranched alkanes of at least 4 members (excludes halogenated alkanes) is 3. The lowest BCUT2D eigenvalue weighted by atomic mass is 10.1. The fraction of sp³-hybridized carbons (Fsp3) is 0.435. The number of hydrogen-bond acceptors (Lipinski definition) is 3. The van der Waals surface area contributed by atoms with Gasteiger partial charge in [-0.05, 0) is 49.1 Å². The third-order valence-electron chi connectivity index (χ3n) is 5.14. The summed E-state index contributed by atoms with van der Waals surface area (Å²) in [6.07, 6.45) is 4.81. The van der Waals surface area contributed by atoms with Gasteiger partial charge in [0.1, 0.15) is 0 Å². The molecule has 31 heavy (non-hydrogen) atoms. The van der Waals surface area contributed by atoms with Crippen LogP contribution in [0.25, 0.3) is 0 Å². The Morgan fingerprint density at radius 1 is 1.00 bits per heavy atom. The van der Waals surface area contributed by atoms with Gasteiger partial charge in [0.2, 0.25) is 5.82 Å². The first-order valence-electron chi connectivity index (χ1n) is 10.6. The standard InChI is InChI=1S/C23H29F2N3O2.ClH/c24-20-7-5-8-21(22(20)25)30-17-4-2-1-3-6-18-9-11-19(12-10-18)27-23(29)28-15-13-26-14-16-28;/h5,7-12,26H,1-4,6,13-17H2,(H,27,29);1H. The van der Waals surface area contributed by atoms with E-state index in [1.165, 1.54) is 17.7 Å². The summed E-state index contributed by atoms with van der Waals surface area (Å²) in [4.78, 5) is 14.0. The van der Waals surface area contributed by atoms with Crippen LogP contribution in [0.2, 0.25) is 0 Å². The number of hydrogen-bond donors (Lipinski definition) is 2. The van der Waals surface area contributed by atoms with E-state index in [-0.39, 0.29) is 24.2 Å². The van der Waals surface area contributed by atoms with Gasteiger partial charge in [-0.15, -0.1) is 12.4 Å². The van der Waals surface area contributed by atoms with Crippen molar-refractivity contribution in [1.29, 1.82) is 0 Å². The third kappa shape index (κ3) is 7.99. The van der Waals surface area contributed by atoms with Crippen molar-refractivity contribution in [3.05, 3.63) is 59.7 Å². The Morgan fingerprint density at radius 2 is 1.71 bits per heavy atom. The lowest BCUT2D eigenvalue weighted by Gasteiger charge is -2.27. The molecule has 1 aliphatic heterocycles. The first-order chi connectivity index (χ1) is 14.6. The van der Waals surface area contributed by atoms with Crippen molar-refractivity contribution in [2.45, 2.75) is 32.1 Å². The summed E-state index contributed by atoms with van der Waals surface area (Å²) in [5.74, 6) is -1.84. The number of urea groups is 1. The number of benzene rings is 2. The van der Waals surface area contributed by atoms with Gasteiger partial charge in [0.05, 0.1) is 6.61 Å². The van der Waals surface area contributed by atoms with Gasteiger partial charge in [0.15, 0.2) is 11.6 Å². The van der Waals surface area contributed by atoms with Gasteiger partial charge in [-0.25, -0.2) is 9.18 Å². The normalized spacial score (nSPS) is 13.4. The summed E-state index contributed by atoms with van der Waals surface area (Å²) in [5.41, 5.74) is 2.04. The predicted molar refractivity (Wildman–Crippen MR) is 121 cm³/mol. The van der Waals surface area contributed by atoms with Crippen molar-refractivity contribution in [2.75, 3.05) is 38.1 Å². The van der Waals surface area contributed by atoms with Crippen LogP contribution in [0.15, 0.2) is 42.5 Å². The van der Waals surface area contributed by atoms with E-state index in [0.29, 0.717) is 6.61 Å². The molecule has 8 heteroatoms. The minimum atomic E-state index is -0.926. The molecule has 0 unspecified atom stereocenters. The van der Waals surface area contributed by atoms with Crippen molar-refractivity contribution in [2.24, 2.45) is 0 Å². The van der Waals surface area contributed by atoms with Crippen molar-refractivity contribution in [3.63, 3.8) is 0 Å². The molecule has 1 heterocycles. The maximum absolute atomic E-state index is 13.5. The largest absolute Gasteiger partial charge is 0.490 e. The number of rotatable bonds is 9. The second-order valence-electron chi connectivity index (χ2n) is 7.43. The molecule has 0 radical (unpaired) electrons. The zero-order chi connectivity index (χ0) is 21.2. The van der Waals surface area contributed by atoms with Gasteiger partial charge in [-0.2, -0.15) is 4.39 Å². The maximum atomic E-state index is 13.5. The Morgan fingerprint density at radius 3 is 2.45 bits per heavy atom. The Kier molecular flexibility index (Phi) is 10.5. The molecule has 3 rings (SSSR count). The molecule has 0 aliphatic carbocycles. The fourth-order valence-electron chi connectivity index (χ4n) is 3.39. The molecule has 2 amide bonds. The number of amides is 2. The highest BCUT2D eigenvalue weighted by Gasteiger charge is 2.15. The van der Waals surface area contributed by atoms with E-state index in [1.54, 1.807) is 0 Å². The Balaban J connectivity index is 0.00000341. The molecule has 0 spiro atoms. The third-order valence-corrected chi connectivity index (χ3v) is 5.14. The van der Waals surface area contributed by atoms with Crippen LogP contribution in [-0.2, 0) is 6.42 Å². The number of aryl methyl sites for hydroxylation is 1. The van der Waals surface area contributed by atoms with E-state index >= 15 is 0 Å². The first kappa shape index (κ1) is 24.9. The maximum Gasteiger partial charge on any atom is 0.321 e. The summed E-state index contributed by atoms with van der Waals surface area (Å²) in [7, 11) is 0. The Bertz CT molecular complexity index is 815. The van der Waals surface area contributed by atoms with Crippen LogP contribution >= 0.6 is 12.4 Å². The quantitative estimate of drug-likeness (QED) is 0.525. The minimum absolute atomic E-state index is 0. The molecule has 1 fully saturated rings. The number of halogens is 3. The summed E-state index contributed by atoms with van der Waals surface area (Å²) in [5, 5.41) is 6.18. The fourth-order valence-corrected chi connectivity index (χ4v) is 3.39. The van der Waals surface area contributed by atoms with E-state index in [0.717, 1.165) is 70.0 Å². The molecule has 0 atom stereocenters. The molecule has 0 bridgehead atoms. The Labute approximate surface area is 188 Å².